The van der Waals surface area contributed by atoms with Gasteiger partial charge in [-0.25, -0.2) is 4.79 Å². The van der Waals surface area contributed by atoms with Crippen LogP contribution in [0.5, 0.6) is 17.2 Å². The van der Waals surface area contributed by atoms with E-state index in [4.69, 9.17) is 14.2 Å². The summed E-state index contributed by atoms with van der Waals surface area (Å²) in [6.07, 6.45) is 3.23. The second-order valence-corrected chi connectivity index (χ2v) is 9.47. The summed E-state index contributed by atoms with van der Waals surface area (Å²) in [6, 6.07) is 24.6. The summed E-state index contributed by atoms with van der Waals surface area (Å²) in [5, 5.41) is 12.1. The summed E-state index contributed by atoms with van der Waals surface area (Å²) in [6.45, 7) is 6.55. The van der Waals surface area contributed by atoms with E-state index >= 15 is 0 Å². The number of nitriles is 1. The van der Waals surface area contributed by atoms with Crippen LogP contribution < -0.4 is 19.5 Å². The largest absolute Gasteiger partial charge is 0.493 e. The predicted octanol–water partition coefficient (Wildman–Crippen LogP) is 5.83. The Hall–Kier alpha value is -4.57. The summed E-state index contributed by atoms with van der Waals surface area (Å²) >= 11 is 0. The third kappa shape index (κ3) is 7.96. The van der Waals surface area contributed by atoms with Crippen molar-refractivity contribution < 1.29 is 23.8 Å². The molecule has 7 nitrogen and oxygen atoms in total. The highest BCUT2D eigenvalue weighted by Gasteiger charge is 2.22. The van der Waals surface area contributed by atoms with Crippen LogP contribution in [0.2, 0.25) is 0 Å². The number of rotatable bonds is 12. The molecular weight excluding hydrogens is 492 g/mol. The van der Waals surface area contributed by atoms with Crippen LogP contribution in [0.15, 0.2) is 78.4 Å². The third-order valence-corrected chi connectivity index (χ3v) is 6.33. The number of carbonyl (C=O) groups excluding carboxylic acids is 2. The van der Waals surface area contributed by atoms with Crippen LogP contribution in [-0.4, -0.2) is 32.1 Å². The molecule has 3 aromatic rings. The summed E-state index contributed by atoms with van der Waals surface area (Å²) in [7, 11) is 1.44. The van der Waals surface area contributed by atoms with Crippen LogP contribution in [0.3, 0.4) is 0 Å². The zero-order valence-electron chi connectivity index (χ0n) is 22.8. The second-order valence-electron chi connectivity index (χ2n) is 9.47. The molecule has 0 bridgehead atoms. The lowest BCUT2D eigenvalue weighted by Crippen LogP contribution is -2.25. The molecule has 0 spiro atoms. The number of benzene rings is 3. The van der Waals surface area contributed by atoms with E-state index in [1.54, 1.807) is 18.2 Å². The number of ether oxygens (including phenoxy) is 3. The maximum absolute atomic E-state index is 12.5. The molecule has 7 heteroatoms. The highest BCUT2D eigenvalue weighted by atomic mass is 16.6. The third-order valence-electron chi connectivity index (χ3n) is 6.33. The molecule has 0 aromatic heterocycles. The topological polar surface area (TPSA) is 97.7 Å². The molecular formula is C32H34N2O5. The van der Waals surface area contributed by atoms with Gasteiger partial charge in [-0.05, 0) is 53.5 Å². The summed E-state index contributed by atoms with van der Waals surface area (Å²) in [5.74, 6) is 0.00294. The molecule has 0 fully saturated rings. The fourth-order valence-electron chi connectivity index (χ4n) is 3.93. The van der Waals surface area contributed by atoms with E-state index < -0.39 is 11.9 Å². The van der Waals surface area contributed by atoms with Crippen molar-refractivity contribution in [2.24, 2.45) is 0 Å². The molecule has 1 N–H and O–H groups in total. The lowest BCUT2D eigenvalue weighted by molar-refractivity contribution is -0.136. The molecule has 39 heavy (non-hydrogen) atoms. The van der Waals surface area contributed by atoms with Crippen molar-refractivity contribution in [3.63, 3.8) is 0 Å². The number of nitrogens with zero attached hydrogens (tertiary/aromatic N) is 1. The van der Waals surface area contributed by atoms with Gasteiger partial charge in [0, 0.05) is 12.0 Å². The van der Waals surface area contributed by atoms with Gasteiger partial charge in [-0.3, -0.25) is 4.79 Å². The average Bonchev–Trinajstić information content (AvgIpc) is 2.96. The van der Waals surface area contributed by atoms with Gasteiger partial charge >= 0.3 is 5.97 Å². The van der Waals surface area contributed by atoms with Crippen LogP contribution in [0.1, 0.15) is 50.3 Å². The minimum absolute atomic E-state index is 0.0236. The van der Waals surface area contributed by atoms with E-state index in [0.717, 1.165) is 18.4 Å². The Morgan fingerprint density at radius 2 is 1.67 bits per heavy atom. The van der Waals surface area contributed by atoms with E-state index in [1.807, 2.05) is 55.5 Å². The van der Waals surface area contributed by atoms with Crippen LogP contribution in [0.25, 0.3) is 6.08 Å². The van der Waals surface area contributed by atoms with Gasteiger partial charge in [0.05, 0.1) is 7.11 Å². The van der Waals surface area contributed by atoms with Gasteiger partial charge in [-0.15, -0.1) is 0 Å². The highest BCUT2D eigenvalue weighted by Crippen LogP contribution is 2.32. The molecule has 3 aromatic carbocycles. The first-order valence-corrected chi connectivity index (χ1v) is 12.9. The zero-order chi connectivity index (χ0) is 28.3. The van der Waals surface area contributed by atoms with Crippen LogP contribution >= 0.6 is 0 Å². The SMILES string of the molecule is CCCCNC(=O)/C(C#N)=C/c1ccc(OC(=O)COc2ccc(C(C)(C)c3ccccc3)cc2)c(OC)c1. The van der Waals surface area contributed by atoms with Crippen molar-refractivity contribution in [3.05, 3.63) is 95.1 Å². The molecule has 0 aliphatic rings. The van der Waals surface area contributed by atoms with Gasteiger partial charge in [-0.2, -0.15) is 5.26 Å². The zero-order valence-corrected chi connectivity index (χ0v) is 22.8. The first-order valence-electron chi connectivity index (χ1n) is 12.9. The predicted molar refractivity (Wildman–Crippen MR) is 151 cm³/mol. The normalized spacial score (nSPS) is 11.3. The number of esters is 1. The van der Waals surface area contributed by atoms with E-state index in [2.05, 4.69) is 31.3 Å². The van der Waals surface area contributed by atoms with E-state index in [0.29, 0.717) is 17.9 Å². The van der Waals surface area contributed by atoms with Gasteiger partial charge < -0.3 is 19.5 Å². The highest BCUT2D eigenvalue weighted by molar-refractivity contribution is 6.01. The molecule has 0 radical (unpaired) electrons. The van der Waals surface area contributed by atoms with Crippen molar-refractivity contribution in [1.82, 2.24) is 5.32 Å². The van der Waals surface area contributed by atoms with Crippen molar-refractivity contribution in [1.29, 1.82) is 5.26 Å². The lowest BCUT2D eigenvalue weighted by atomic mass is 9.78. The molecule has 0 atom stereocenters. The van der Waals surface area contributed by atoms with Gasteiger partial charge in [0.15, 0.2) is 18.1 Å². The Kier molecular flexibility index (Phi) is 10.3. The van der Waals surface area contributed by atoms with E-state index in [-0.39, 0.29) is 29.1 Å². The van der Waals surface area contributed by atoms with Crippen molar-refractivity contribution >= 4 is 18.0 Å². The molecule has 0 unspecified atom stereocenters. The minimum atomic E-state index is -0.599. The first-order chi connectivity index (χ1) is 18.8. The summed E-state index contributed by atoms with van der Waals surface area (Å²) < 4.78 is 16.4. The van der Waals surface area contributed by atoms with E-state index in [1.165, 1.54) is 18.7 Å². The number of nitrogens with one attached hydrogen (secondary N) is 1. The van der Waals surface area contributed by atoms with E-state index in [9.17, 15) is 14.9 Å². The number of hydrogen-bond donors (Lipinski definition) is 1. The molecule has 202 valence electrons. The van der Waals surface area contributed by atoms with Crippen molar-refractivity contribution in [2.75, 3.05) is 20.3 Å². The Labute approximate surface area is 230 Å². The van der Waals surface area contributed by atoms with Gasteiger partial charge in [0.2, 0.25) is 0 Å². The minimum Gasteiger partial charge on any atom is -0.493 e. The van der Waals surface area contributed by atoms with Crippen LogP contribution in [0, 0.1) is 11.3 Å². The second kappa shape index (κ2) is 13.8. The van der Waals surface area contributed by atoms with Gasteiger partial charge in [-0.1, -0.05) is 75.7 Å². The Bertz CT molecular complexity index is 1340. The van der Waals surface area contributed by atoms with Gasteiger partial charge in [0.1, 0.15) is 17.4 Å². The fraction of sp³-hybridized carbons (Fsp3) is 0.281. The average molecular weight is 527 g/mol. The van der Waals surface area contributed by atoms with Crippen LogP contribution in [-0.2, 0) is 15.0 Å². The molecule has 0 saturated heterocycles. The molecule has 0 heterocycles. The molecule has 0 aliphatic heterocycles. The summed E-state index contributed by atoms with van der Waals surface area (Å²) in [5.41, 5.74) is 2.69. The number of carbonyl (C=O) groups is 2. The molecule has 1 amide bonds. The smallest absolute Gasteiger partial charge is 0.349 e. The standard InChI is InChI=1S/C32H34N2O5/c1-5-6-18-34-31(36)24(21-33)19-23-12-17-28(29(20-23)37-4)39-30(35)22-38-27-15-13-26(14-16-27)32(2,3)25-10-8-7-9-11-25/h7-17,19-20H,5-6,18,22H2,1-4H3,(H,34,36)/b24-19+. The summed E-state index contributed by atoms with van der Waals surface area (Å²) in [4.78, 5) is 24.7. The maximum Gasteiger partial charge on any atom is 0.349 e. The quantitative estimate of drug-likeness (QED) is 0.105. The van der Waals surface area contributed by atoms with Crippen molar-refractivity contribution in [2.45, 2.75) is 39.0 Å². The van der Waals surface area contributed by atoms with Gasteiger partial charge in [0.25, 0.3) is 5.91 Å². The Morgan fingerprint density at radius 3 is 2.31 bits per heavy atom. The molecule has 3 rings (SSSR count). The number of methoxy groups -OCH3 is 1. The van der Waals surface area contributed by atoms with Crippen LogP contribution in [0.4, 0.5) is 0 Å². The lowest BCUT2D eigenvalue weighted by Gasteiger charge is -2.26. The monoisotopic (exact) mass is 526 g/mol. The number of amides is 1. The first kappa shape index (κ1) is 29.0. The van der Waals surface area contributed by atoms with Crippen molar-refractivity contribution in [3.8, 4) is 23.3 Å². The molecule has 0 aliphatic carbocycles. The maximum atomic E-state index is 12.5. The fourth-order valence-corrected chi connectivity index (χ4v) is 3.93. The number of unbranched alkanes of at least 4 members (excludes halogenated alkanes) is 1. The Balaban J connectivity index is 1.61. The number of hydrogen-bond acceptors (Lipinski definition) is 6. The molecule has 0 saturated carbocycles. The Morgan fingerprint density at radius 1 is 0.974 bits per heavy atom.